The standard InChI is InChI=1S/C39H24O/c1-2-10-29-25(9-1)17-18-28-23-26(19-21-30(28)29)27-20-22-36-38(24-27)40-37-16-8-7-15-35(37)39(36)33-13-5-3-11-31(33)32-12-4-6-14-34(32)39/h1-24H. The first-order valence-electron chi connectivity index (χ1n) is 13.9. The molecule has 1 nitrogen and oxygen atoms in total. The van der Waals surface area contributed by atoms with Gasteiger partial charge in [0.05, 0.1) is 5.41 Å². The van der Waals surface area contributed by atoms with E-state index in [2.05, 4.69) is 146 Å². The SMILES string of the molecule is c1ccc2c(c1)Oc1cc(-c3ccc4c(ccc5ccccc54)c3)ccc1C21c2ccccc2-c2ccccc21. The zero-order valence-electron chi connectivity index (χ0n) is 21.8. The van der Waals surface area contributed by atoms with E-state index in [0.717, 1.165) is 17.1 Å². The second-order valence-electron chi connectivity index (χ2n) is 10.9. The minimum absolute atomic E-state index is 0.418. The second kappa shape index (κ2) is 7.94. The number of ether oxygens (including phenoxy) is 1. The first-order chi connectivity index (χ1) is 19.8. The van der Waals surface area contributed by atoms with Gasteiger partial charge in [-0.1, -0.05) is 127 Å². The van der Waals surface area contributed by atoms with Crippen LogP contribution in [-0.4, -0.2) is 0 Å². The predicted molar refractivity (Wildman–Crippen MR) is 164 cm³/mol. The number of para-hydroxylation sites is 1. The van der Waals surface area contributed by atoms with Crippen molar-refractivity contribution in [1.29, 1.82) is 0 Å². The van der Waals surface area contributed by atoms with Crippen molar-refractivity contribution in [3.8, 4) is 33.8 Å². The molecule has 1 heterocycles. The van der Waals surface area contributed by atoms with E-state index in [1.54, 1.807) is 0 Å². The van der Waals surface area contributed by atoms with Crippen molar-refractivity contribution in [1.82, 2.24) is 0 Å². The molecule has 7 aromatic carbocycles. The molecule has 0 unspecified atom stereocenters. The lowest BCUT2D eigenvalue weighted by molar-refractivity contribution is 0.436. The summed E-state index contributed by atoms with van der Waals surface area (Å²) in [7, 11) is 0. The summed E-state index contributed by atoms with van der Waals surface area (Å²) in [5, 5.41) is 5.09. The quantitative estimate of drug-likeness (QED) is 0.200. The highest BCUT2D eigenvalue weighted by atomic mass is 16.5. The van der Waals surface area contributed by atoms with Gasteiger partial charge in [0, 0.05) is 11.1 Å². The smallest absolute Gasteiger partial charge is 0.132 e. The summed E-state index contributed by atoms with van der Waals surface area (Å²) in [4.78, 5) is 0. The molecule has 0 radical (unpaired) electrons. The van der Waals surface area contributed by atoms with Crippen molar-refractivity contribution in [3.63, 3.8) is 0 Å². The van der Waals surface area contributed by atoms with Crippen molar-refractivity contribution in [2.75, 3.05) is 0 Å². The van der Waals surface area contributed by atoms with Crippen LogP contribution in [0.4, 0.5) is 0 Å². The van der Waals surface area contributed by atoms with Gasteiger partial charge in [0.2, 0.25) is 0 Å². The Morgan fingerprint density at radius 2 is 0.950 bits per heavy atom. The number of hydrogen-bond acceptors (Lipinski definition) is 1. The van der Waals surface area contributed by atoms with Crippen LogP contribution in [0.15, 0.2) is 146 Å². The van der Waals surface area contributed by atoms with Crippen LogP contribution in [-0.2, 0) is 5.41 Å². The number of rotatable bonds is 1. The summed E-state index contributed by atoms with van der Waals surface area (Å²) in [5.74, 6) is 1.84. The van der Waals surface area contributed by atoms with Crippen LogP contribution in [0.25, 0.3) is 43.8 Å². The van der Waals surface area contributed by atoms with Gasteiger partial charge in [0.1, 0.15) is 11.5 Å². The van der Waals surface area contributed by atoms with E-state index in [4.69, 9.17) is 4.74 Å². The highest BCUT2D eigenvalue weighted by molar-refractivity contribution is 6.08. The molecule has 1 spiro atoms. The van der Waals surface area contributed by atoms with Crippen molar-refractivity contribution in [3.05, 3.63) is 168 Å². The van der Waals surface area contributed by atoms with Gasteiger partial charge < -0.3 is 4.74 Å². The van der Waals surface area contributed by atoms with E-state index in [-0.39, 0.29) is 0 Å². The average molecular weight is 509 g/mol. The molecule has 1 heteroatoms. The molecule has 0 amide bonds. The van der Waals surface area contributed by atoms with E-state index < -0.39 is 5.41 Å². The molecular formula is C39H24O. The van der Waals surface area contributed by atoms with E-state index in [1.165, 1.54) is 60.5 Å². The van der Waals surface area contributed by atoms with Crippen LogP contribution in [0.2, 0.25) is 0 Å². The Balaban J connectivity index is 1.29. The summed E-state index contributed by atoms with van der Waals surface area (Å²) in [5.41, 5.74) is 9.55. The molecule has 1 aliphatic heterocycles. The molecule has 0 saturated heterocycles. The maximum atomic E-state index is 6.70. The summed E-state index contributed by atoms with van der Waals surface area (Å²) in [6.07, 6.45) is 0. The van der Waals surface area contributed by atoms with Crippen LogP contribution >= 0.6 is 0 Å². The van der Waals surface area contributed by atoms with E-state index in [9.17, 15) is 0 Å². The molecule has 1 aliphatic carbocycles. The van der Waals surface area contributed by atoms with Crippen LogP contribution in [0.5, 0.6) is 11.5 Å². The Kier molecular flexibility index (Phi) is 4.32. The van der Waals surface area contributed by atoms with Crippen LogP contribution in [0, 0.1) is 0 Å². The Labute approximate surface area is 232 Å². The minimum Gasteiger partial charge on any atom is -0.457 e. The monoisotopic (exact) mass is 508 g/mol. The Morgan fingerprint density at radius 1 is 0.375 bits per heavy atom. The molecule has 7 aromatic rings. The third kappa shape index (κ3) is 2.76. The highest BCUT2D eigenvalue weighted by Gasteiger charge is 2.50. The second-order valence-corrected chi connectivity index (χ2v) is 10.9. The Morgan fingerprint density at radius 3 is 1.77 bits per heavy atom. The molecular weight excluding hydrogens is 484 g/mol. The zero-order valence-corrected chi connectivity index (χ0v) is 21.8. The first-order valence-corrected chi connectivity index (χ1v) is 13.9. The molecule has 0 N–H and O–H groups in total. The van der Waals surface area contributed by atoms with Gasteiger partial charge in [0.25, 0.3) is 0 Å². The van der Waals surface area contributed by atoms with Gasteiger partial charge in [0.15, 0.2) is 0 Å². The fourth-order valence-corrected chi connectivity index (χ4v) is 7.23. The molecule has 186 valence electrons. The predicted octanol–water partition coefficient (Wildman–Crippen LogP) is 10.1. The van der Waals surface area contributed by atoms with Gasteiger partial charge in [-0.25, -0.2) is 0 Å². The zero-order chi connectivity index (χ0) is 26.3. The fraction of sp³-hybridized carbons (Fsp3) is 0.0256. The lowest BCUT2D eigenvalue weighted by Crippen LogP contribution is -2.32. The van der Waals surface area contributed by atoms with E-state index >= 15 is 0 Å². The number of fused-ring (bicyclic) bond motifs is 12. The summed E-state index contributed by atoms with van der Waals surface area (Å²) < 4.78 is 6.70. The van der Waals surface area contributed by atoms with Crippen molar-refractivity contribution >= 4 is 21.5 Å². The average Bonchev–Trinajstić information content (AvgIpc) is 3.31. The third-order valence-corrected chi connectivity index (χ3v) is 8.93. The first kappa shape index (κ1) is 21.8. The summed E-state index contributed by atoms with van der Waals surface area (Å²) in [6.45, 7) is 0. The van der Waals surface area contributed by atoms with E-state index in [0.29, 0.717) is 0 Å². The fourth-order valence-electron chi connectivity index (χ4n) is 7.23. The lowest BCUT2D eigenvalue weighted by atomic mass is 9.66. The van der Waals surface area contributed by atoms with Crippen LogP contribution in [0.3, 0.4) is 0 Å². The third-order valence-electron chi connectivity index (χ3n) is 8.93. The molecule has 0 bridgehead atoms. The Hall–Kier alpha value is -5.14. The number of benzene rings is 7. The maximum absolute atomic E-state index is 6.70. The molecule has 0 atom stereocenters. The minimum atomic E-state index is -0.418. The summed E-state index contributed by atoms with van der Waals surface area (Å²) >= 11 is 0. The van der Waals surface area contributed by atoms with E-state index in [1.807, 2.05) is 0 Å². The highest BCUT2D eigenvalue weighted by Crippen LogP contribution is 2.62. The molecule has 0 fully saturated rings. The molecule has 0 saturated carbocycles. The molecule has 2 aliphatic rings. The molecule has 0 aromatic heterocycles. The van der Waals surface area contributed by atoms with Gasteiger partial charge in [-0.3, -0.25) is 0 Å². The van der Waals surface area contributed by atoms with Gasteiger partial charge >= 0.3 is 0 Å². The molecule has 9 rings (SSSR count). The van der Waals surface area contributed by atoms with Crippen LogP contribution in [0.1, 0.15) is 22.3 Å². The Bertz CT molecular complexity index is 2110. The topological polar surface area (TPSA) is 9.23 Å². The largest absolute Gasteiger partial charge is 0.457 e. The van der Waals surface area contributed by atoms with Gasteiger partial charge in [-0.2, -0.15) is 0 Å². The van der Waals surface area contributed by atoms with Crippen LogP contribution < -0.4 is 4.74 Å². The van der Waals surface area contributed by atoms with Gasteiger partial charge in [-0.05, 0) is 73.1 Å². The summed E-state index contributed by atoms with van der Waals surface area (Å²) in [6, 6.07) is 52.9. The van der Waals surface area contributed by atoms with Crippen molar-refractivity contribution in [2.24, 2.45) is 0 Å². The normalized spacial score (nSPS) is 13.9. The van der Waals surface area contributed by atoms with Crippen molar-refractivity contribution in [2.45, 2.75) is 5.41 Å². The lowest BCUT2D eigenvalue weighted by Gasteiger charge is -2.39. The van der Waals surface area contributed by atoms with Crippen molar-refractivity contribution < 1.29 is 4.74 Å². The number of hydrogen-bond donors (Lipinski definition) is 0. The molecule has 40 heavy (non-hydrogen) atoms. The maximum Gasteiger partial charge on any atom is 0.132 e. The van der Waals surface area contributed by atoms with Gasteiger partial charge in [-0.15, -0.1) is 0 Å².